The van der Waals surface area contributed by atoms with E-state index in [9.17, 15) is 14.9 Å². The molecule has 1 aliphatic rings. The Kier molecular flexibility index (Phi) is 3.70. The van der Waals surface area contributed by atoms with Crippen LogP contribution in [0.4, 0.5) is 5.69 Å². The van der Waals surface area contributed by atoms with Crippen molar-refractivity contribution < 1.29 is 14.5 Å². The first kappa shape index (κ1) is 13.8. The summed E-state index contributed by atoms with van der Waals surface area (Å²) >= 11 is 1.49. The molecule has 0 saturated heterocycles. The first-order chi connectivity index (χ1) is 10.1. The maximum Gasteiger partial charge on any atom is 0.353 e. The summed E-state index contributed by atoms with van der Waals surface area (Å²) in [6.07, 6.45) is 4.40. The molecule has 3 rings (SSSR count). The lowest BCUT2D eigenvalue weighted by Crippen LogP contribution is -2.06. The molecule has 6 heteroatoms. The van der Waals surface area contributed by atoms with Crippen molar-refractivity contribution in [2.24, 2.45) is 0 Å². The molecule has 5 nitrogen and oxygen atoms in total. The normalized spacial score (nSPS) is 13.5. The van der Waals surface area contributed by atoms with E-state index in [1.807, 2.05) is 6.07 Å². The number of rotatable bonds is 3. The summed E-state index contributed by atoms with van der Waals surface area (Å²) in [5.41, 5.74) is 1.23. The molecule has 0 amide bonds. The highest BCUT2D eigenvalue weighted by Crippen LogP contribution is 2.30. The van der Waals surface area contributed by atoms with Crippen molar-refractivity contribution in [3.05, 3.63) is 55.8 Å². The topological polar surface area (TPSA) is 69.4 Å². The fraction of sp³-hybridized carbons (Fsp3) is 0.267. The second-order valence-corrected chi connectivity index (χ2v) is 6.04. The van der Waals surface area contributed by atoms with Crippen molar-refractivity contribution in [2.45, 2.75) is 25.7 Å². The molecule has 0 radical (unpaired) electrons. The number of carbonyl (C=O) groups is 1. The number of aryl methyl sites for hydroxylation is 2. The van der Waals surface area contributed by atoms with E-state index in [1.54, 1.807) is 0 Å². The quantitative estimate of drug-likeness (QED) is 0.375. The van der Waals surface area contributed by atoms with Gasteiger partial charge in [0.1, 0.15) is 10.6 Å². The van der Waals surface area contributed by atoms with Crippen molar-refractivity contribution >= 4 is 23.0 Å². The molecular weight excluding hydrogens is 290 g/mol. The van der Waals surface area contributed by atoms with Crippen LogP contribution in [0.25, 0.3) is 0 Å². The van der Waals surface area contributed by atoms with Crippen LogP contribution in [0.15, 0.2) is 30.3 Å². The molecule has 1 aliphatic carbocycles. The van der Waals surface area contributed by atoms with Gasteiger partial charge in [-0.05, 0) is 49.4 Å². The largest absolute Gasteiger partial charge is 0.422 e. The van der Waals surface area contributed by atoms with Crippen LogP contribution in [0.1, 0.15) is 33.0 Å². The number of non-ortho nitro benzene ring substituents is 1. The van der Waals surface area contributed by atoms with E-state index in [4.69, 9.17) is 4.74 Å². The molecule has 1 aromatic heterocycles. The third-order valence-electron chi connectivity index (χ3n) is 3.46. The van der Waals surface area contributed by atoms with Gasteiger partial charge in [-0.15, -0.1) is 11.3 Å². The van der Waals surface area contributed by atoms with Gasteiger partial charge in [-0.3, -0.25) is 10.1 Å². The maximum absolute atomic E-state index is 12.1. The van der Waals surface area contributed by atoms with Gasteiger partial charge in [-0.2, -0.15) is 0 Å². The Balaban J connectivity index is 1.73. The van der Waals surface area contributed by atoms with Crippen LogP contribution in [-0.4, -0.2) is 10.9 Å². The standard InChI is InChI=1S/C15H13NO4S/c17-15(14-9-10-3-1-2-4-13(10)21-14)20-12-7-5-11(6-8-12)16(18)19/h5-9H,1-4H2. The first-order valence-corrected chi connectivity index (χ1v) is 7.53. The SMILES string of the molecule is O=C(Oc1ccc([N+](=O)[O-])cc1)c1cc2c(s1)CCCC2. The highest BCUT2D eigenvalue weighted by molar-refractivity contribution is 7.14. The zero-order chi connectivity index (χ0) is 14.8. The molecule has 2 aromatic rings. The Morgan fingerprint density at radius 2 is 1.90 bits per heavy atom. The van der Waals surface area contributed by atoms with Crippen molar-refractivity contribution in [1.82, 2.24) is 0 Å². The van der Waals surface area contributed by atoms with Crippen LogP contribution in [0, 0.1) is 10.1 Å². The Hall–Kier alpha value is -2.21. The number of benzene rings is 1. The number of esters is 1. The Labute approximate surface area is 125 Å². The van der Waals surface area contributed by atoms with Gasteiger partial charge in [-0.1, -0.05) is 0 Å². The van der Waals surface area contributed by atoms with Crippen LogP contribution in [-0.2, 0) is 12.8 Å². The number of thiophene rings is 1. The number of carbonyl (C=O) groups excluding carboxylic acids is 1. The van der Waals surface area contributed by atoms with Crippen LogP contribution >= 0.6 is 11.3 Å². The third-order valence-corrected chi connectivity index (χ3v) is 4.67. The van der Waals surface area contributed by atoms with Gasteiger partial charge in [0.15, 0.2) is 0 Å². The van der Waals surface area contributed by atoms with Crippen molar-refractivity contribution in [2.75, 3.05) is 0 Å². The van der Waals surface area contributed by atoms with Crippen molar-refractivity contribution in [3.63, 3.8) is 0 Å². The fourth-order valence-corrected chi connectivity index (χ4v) is 3.51. The zero-order valence-corrected chi connectivity index (χ0v) is 12.0. The van der Waals surface area contributed by atoms with E-state index >= 15 is 0 Å². The summed E-state index contributed by atoms with van der Waals surface area (Å²) in [6.45, 7) is 0. The number of nitro benzene ring substituents is 1. The fourth-order valence-electron chi connectivity index (χ4n) is 2.38. The van der Waals surface area contributed by atoms with Crippen LogP contribution in [0.3, 0.4) is 0 Å². The molecule has 0 fully saturated rings. The van der Waals surface area contributed by atoms with Gasteiger partial charge >= 0.3 is 5.97 Å². The van der Waals surface area contributed by atoms with E-state index in [0.29, 0.717) is 10.6 Å². The number of fused-ring (bicyclic) bond motifs is 1. The van der Waals surface area contributed by atoms with Gasteiger partial charge < -0.3 is 4.74 Å². The smallest absolute Gasteiger partial charge is 0.353 e. The van der Waals surface area contributed by atoms with E-state index in [-0.39, 0.29) is 5.69 Å². The lowest BCUT2D eigenvalue weighted by molar-refractivity contribution is -0.384. The van der Waals surface area contributed by atoms with E-state index in [2.05, 4.69) is 0 Å². The predicted octanol–water partition coefficient (Wildman–Crippen LogP) is 3.75. The van der Waals surface area contributed by atoms with Gasteiger partial charge in [0.2, 0.25) is 0 Å². The molecule has 0 atom stereocenters. The van der Waals surface area contributed by atoms with Gasteiger partial charge in [0.25, 0.3) is 5.69 Å². The summed E-state index contributed by atoms with van der Waals surface area (Å²) < 4.78 is 5.26. The highest BCUT2D eigenvalue weighted by atomic mass is 32.1. The van der Waals surface area contributed by atoms with E-state index in [0.717, 1.165) is 12.8 Å². The van der Waals surface area contributed by atoms with E-state index in [1.165, 1.54) is 58.9 Å². The number of hydrogen-bond acceptors (Lipinski definition) is 5. The molecule has 0 bridgehead atoms. The maximum atomic E-state index is 12.1. The highest BCUT2D eigenvalue weighted by Gasteiger charge is 2.18. The summed E-state index contributed by atoms with van der Waals surface area (Å²) in [7, 11) is 0. The minimum atomic E-state index is -0.487. The van der Waals surface area contributed by atoms with Crippen LogP contribution in [0.2, 0.25) is 0 Å². The summed E-state index contributed by atoms with van der Waals surface area (Å²) in [6, 6.07) is 7.42. The van der Waals surface area contributed by atoms with Gasteiger partial charge in [-0.25, -0.2) is 4.79 Å². The third kappa shape index (κ3) is 2.95. The average Bonchev–Trinajstić information content (AvgIpc) is 2.92. The van der Waals surface area contributed by atoms with E-state index < -0.39 is 10.9 Å². The molecular formula is C15H13NO4S. The summed E-state index contributed by atoms with van der Waals surface area (Å²) in [5, 5.41) is 10.6. The molecule has 0 unspecified atom stereocenters. The van der Waals surface area contributed by atoms with Gasteiger partial charge in [0, 0.05) is 17.0 Å². The number of hydrogen-bond donors (Lipinski definition) is 0. The van der Waals surface area contributed by atoms with Gasteiger partial charge in [0.05, 0.1) is 4.92 Å². The van der Waals surface area contributed by atoms with Crippen LogP contribution < -0.4 is 4.74 Å². The number of nitro groups is 1. The number of nitrogens with zero attached hydrogens (tertiary/aromatic N) is 1. The molecule has 0 spiro atoms. The number of ether oxygens (including phenoxy) is 1. The monoisotopic (exact) mass is 303 g/mol. The van der Waals surface area contributed by atoms with Crippen molar-refractivity contribution in [3.8, 4) is 5.75 Å². The Morgan fingerprint density at radius 1 is 1.19 bits per heavy atom. The van der Waals surface area contributed by atoms with Crippen molar-refractivity contribution in [1.29, 1.82) is 0 Å². The second-order valence-electron chi connectivity index (χ2n) is 4.91. The molecule has 0 N–H and O–H groups in total. The molecule has 0 saturated carbocycles. The Morgan fingerprint density at radius 3 is 2.57 bits per heavy atom. The molecule has 0 aliphatic heterocycles. The lowest BCUT2D eigenvalue weighted by Gasteiger charge is -2.08. The van der Waals surface area contributed by atoms with Crippen LogP contribution in [0.5, 0.6) is 5.75 Å². The second kappa shape index (κ2) is 5.65. The summed E-state index contributed by atoms with van der Waals surface area (Å²) in [4.78, 5) is 24.1. The predicted molar refractivity (Wildman–Crippen MR) is 79.0 cm³/mol. The first-order valence-electron chi connectivity index (χ1n) is 6.72. The lowest BCUT2D eigenvalue weighted by atomic mass is 9.99. The molecule has 1 heterocycles. The molecule has 108 valence electrons. The molecule has 1 aromatic carbocycles. The zero-order valence-electron chi connectivity index (χ0n) is 11.2. The summed E-state index contributed by atoms with van der Waals surface area (Å²) in [5.74, 6) is -0.0831. The molecule has 21 heavy (non-hydrogen) atoms. The average molecular weight is 303 g/mol. The minimum Gasteiger partial charge on any atom is -0.422 e. The Bertz CT molecular complexity index is 667. The minimum absolute atomic E-state index is 0.0265.